The maximum Gasteiger partial charge on any atom is 0.273 e. The molecule has 4 aromatic heterocycles. The molecule has 1 aliphatic heterocycles. The molecular formula is C24H28N8O. The van der Waals surface area contributed by atoms with Crippen LogP contribution in [0, 0.1) is 6.92 Å². The van der Waals surface area contributed by atoms with Crippen LogP contribution in [0.2, 0.25) is 0 Å². The summed E-state index contributed by atoms with van der Waals surface area (Å²) in [4.78, 5) is 32.3. The molecule has 9 nitrogen and oxygen atoms in total. The van der Waals surface area contributed by atoms with Gasteiger partial charge in [0.2, 0.25) is 0 Å². The Morgan fingerprint density at radius 1 is 1.27 bits per heavy atom. The number of aromatic nitrogens is 5. The van der Waals surface area contributed by atoms with Crippen molar-refractivity contribution in [1.29, 1.82) is 0 Å². The number of carbonyl (C=O) groups is 1. The molecule has 0 radical (unpaired) electrons. The van der Waals surface area contributed by atoms with Gasteiger partial charge in [-0.15, -0.1) is 0 Å². The summed E-state index contributed by atoms with van der Waals surface area (Å²) in [6.07, 6.45) is 7.75. The van der Waals surface area contributed by atoms with Gasteiger partial charge in [0.25, 0.3) is 5.91 Å². The van der Waals surface area contributed by atoms with Gasteiger partial charge in [0.1, 0.15) is 17.0 Å². The van der Waals surface area contributed by atoms with Gasteiger partial charge in [0.05, 0.1) is 5.69 Å². The number of likely N-dealkylation sites (N-methyl/N-ethyl adjacent to an activating group) is 1. The van der Waals surface area contributed by atoms with Crippen LogP contribution in [-0.2, 0) is 0 Å². The molecule has 0 aromatic carbocycles. The number of amides is 1. The van der Waals surface area contributed by atoms with Gasteiger partial charge < -0.3 is 20.4 Å². The van der Waals surface area contributed by atoms with Crippen LogP contribution in [0.5, 0.6) is 0 Å². The standard InChI is InChI=1S/C24H28N8O/c1-15-12-27-18-8-7-16(13-32(15)18)19-20(17-6-4-10-26-17)30-22(25)21(29-19)23(33)28-14-24(2)9-5-11-31(24)3/h4,6-8,10,12-13,26H,5,9,11,14H2,1-3H3,(H2,25,30)(H,28,33). The fraction of sp³-hybridized carbons (Fsp3) is 0.333. The maximum absolute atomic E-state index is 13.1. The third-order valence-corrected chi connectivity index (χ3v) is 6.72. The third-order valence-electron chi connectivity index (χ3n) is 6.72. The van der Waals surface area contributed by atoms with Crippen LogP contribution < -0.4 is 11.1 Å². The summed E-state index contributed by atoms with van der Waals surface area (Å²) in [7, 11) is 2.09. The maximum atomic E-state index is 13.1. The second-order valence-corrected chi connectivity index (χ2v) is 8.99. The Hall–Kier alpha value is -3.72. The molecule has 1 atom stereocenters. The number of carbonyl (C=O) groups excluding carboxylic acids is 1. The number of nitrogens with zero attached hydrogens (tertiary/aromatic N) is 5. The van der Waals surface area contributed by atoms with E-state index >= 15 is 0 Å². The van der Waals surface area contributed by atoms with Crippen molar-refractivity contribution in [3.8, 4) is 22.6 Å². The Bertz CT molecular complexity index is 1330. The Morgan fingerprint density at radius 3 is 2.85 bits per heavy atom. The molecule has 1 fully saturated rings. The van der Waals surface area contributed by atoms with Crippen LogP contribution in [0.3, 0.4) is 0 Å². The minimum Gasteiger partial charge on any atom is -0.382 e. The topological polar surface area (TPSA) is 117 Å². The Morgan fingerprint density at radius 2 is 2.12 bits per heavy atom. The molecule has 5 heterocycles. The van der Waals surface area contributed by atoms with Crippen molar-refractivity contribution in [2.75, 3.05) is 25.9 Å². The van der Waals surface area contributed by atoms with Gasteiger partial charge in [-0.1, -0.05) is 0 Å². The van der Waals surface area contributed by atoms with E-state index in [2.05, 4.69) is 39.1 Å². The lowest BCUT2D eigenvalue weighted by Crippen LogP contribution is -2.48. The van der Waals surface area contributed by atoms with Gasteiger partial charge in [0, 0.05) is 41.9 Å². The molecule has 1 aliphatic rings. The predicted molar refractivity (Wildman–Crippen MR) is 128 cm³/mol. The van der Waals surface area contributed by atoms with Crippen LogP contribution in [0.15, 0.2) is 42.9 Å². The minimum absolute atomic E-state index is 0.0745. The first kappa shape index (κ1) is 21.1. The number of nitrogens with one attached hydrogen (secondary N) is 2. The van der Waals surface area contributed by atoms with E-state index in [1.54, 1.807) is 0 Å². The van der Waals surface area contributed by atoms with Gasteiger partial charge >= 0.3 is 0 Å². The van der Waals surface area contributed by atoms with Gasteiger partial charge in [0.15, 0.2) is 11.5 Å². The molecular weight excluding hydrogens is 416 g/mol. The van der Waals surface area contributed by atoms with E-state index in [4.69, 9.17) is 10.7 Å². The van der Waals surface area contributed by atoms with Gasteiger partial charge in [-0.25, -0.2) is 15.0 Å². The van der Waals surface area contributed by atoms with Crippen molar-refractivity contribution in [3.63, 3.8) is 0 Å². The zero-order valence-electron chi connectivity index (χ0n) is 19.1. The number of pyridine rings is 1. The predicted octanol–water partition coefficient (Wildman–Crippen LogP) is 2.89. The first-order chi connectivity index (χ1) is 15.9. The molecule has 1 unspecified atom stereocenters. The molecule has 0 spiro atoms. The fourth-order valence-electron chi connectivity index (χ4n) is 4.46. The summed E-state index contributed by atoms with van der Waals surface area (Å²) in [5.74, 6) is -0.216. The zero-order chi connectivity index (χ0) is 23.2. The number of anilines is 1. The van der Waals surface area contributed by atoms with Crippen molar-refractivity contribution >= 4 is 17.4 Å². The van der Waals surface area contributed by atoms with Crippen LogP contribution in [0.25, 0.3) is 28.3 Å². The van der Waals surface area contributed by atoms with Gasteiger partial charge in [-0.2, -0.15) is 0 Å². The fourth-order valence-corrected chi connectivity index (χ4v) is 4.46. The molecule has 0 saturated carbocycles. The smallest absolute Gasteiger partial charge is 0.273 e. The lowest BCUT2D eigenvalue weighted by atomic mass is 9.99. The van der Waals surface area contributed by atoms with Gasteiger partial charge in [-0.3, -0.25) is 9.69 Å². The van der Waals surface area contributed by atoms with Crippen molar-refractivity contribution < 1.29 is 4.79 Å². The molecule has 33 heavy (non-hydrogen) atoms. The molecule has 5 rings (SSSR count). The summed E-state index contributed by atoms with van der Waals surface area (Å²) in [5, 5.41) is 3.03. The number of hydrogen-bond acceptors (Lipinski definition) is 6. The molecule has 0 bridgehead atoms. The molecule has 9 heteroatoms. The highest BCUT2D eigenvalue weighted by atomic mass is 16.1. The van der Waals surface area contributed by atoms with Crippen LogP contribution in [-0.4, -0.2) is 60.8 Å². The average Bonchev–Trinajstić information content (AvgIpc) is 3.54. The van der Waals surface area contributed by atoms with Crippen molar-refractivity contribution in [2.45, 2.75) is 32.2 Å². The third kappa shape index (κ3) is 3.74. The van der Waals surface area contributed by atoms with E-state index in [1.165, 1.54) is 0 Å². The molecule has 170 valence electrons. The summed E-state index contributed by atoms with van der Waals surface area (Å²) in [6, 6.07) is 7.66. The van der Waals surface area contributed by atoms with E-state index < -0.39 is 0 Å². The number of fused-ring (bicyclic) bond motifs is 1. The normalized spacial score (nSPS) is 18.8. The summed E-state index contributed by atoms with van der Waals surface area (Å²) >= 11 is 0. The highest BCUT2D eigenvalue weighted by Gasteiger charge is 2.34. The number of likely N-dealkylation sites (tertiary alicyclic amines) is 1. The lowest BCUT2D eigenvalue weighted by Gasteiger charge is -2.32. The SMILES string of the molecule is Cc1cnc2ccc(-c3nc(C(=O)NCC4(C)CCCN4C)c(N)nc3-c3ccc[nH]3)cn12. The number of nitrogens with two attached hydrogens (primary N) is 1. The Labute approximate surface area is 192 Å². The number of aromatic amines is 1. The molecule has 1 saturated heterocycles. The minimum atomic E-state index is -0.319. The molecule has 0 aliphatic carbocycles. The van der Waals surface area contributed by atoms with E-state index in [1.807, 2.05) is 54.2 Å². The lowest BCUT2D eigenvalue weighted by molar-refractivity contribution is 0.0915. The van der Waals surface area contributed by atoms with Gasteiger partial charge in [-0.05, 0) is 64.5 Å². The van der Waals surface area contributed by atoms with E-state index in [9.17, 15) is 4.79 Å². The number of rotatable bonds is 5. The number of imidazole rings is 1. The highest BCUT2D eigenvalue weighted by molar-refractivity contribution is 5.98. The van der Waals surface area contributed by atoms with E-state index in [0.29, 0.717) is 17.9 Å². The molecule has 4 N–H and O–H groups in total. The second-order valence-electron chi connectivity index (χ2n) is 8.99. The van der Waals surface area contributed by atoms with E-state index in [0.717, 1.165) is 42.0 Å². The first-order valence-electron chi connectivity index (χ1n) is 11.1. The zero-order valence-corrected chi connectivity index (χ0v) is 19.1. The summed E-state index contributed by atoms with van der Waals surface area (Å²) in [5.41, 5.74) is 10.9. The number of aryl methyl sites for hydroxylation is 1. The van der Waals surface area contributed by atoms with Crippen LogP contribution >= 0.6 is 0 Å². The number of H-pyrrole nitrogens is 1. The average molecular weight is 445 g/mol. The first-order valence-corrected chi connectivity index (χ1v) is 11.1. The number of nitrogen functional groups attached to an aromatic ring is 1. The number of hydrogen-bond donors (Lipinski definition) is 3. The van der Waals surface area contributed by atoms with Crippen molar-refractivity contribution in [3.05, 3.63) is 54.2 Å². The summed E-state index contributed by atoms with van der Waals surface area (Å²) in [6.45, 7) is 5.71. The monoisotopic (exact) mass is 444 g/mol. The van der Waals surface area contributed by atoms with Crippen molar-refractivity contribution in [1.82, 2.24) is 34.6 Å². The Kier molecular flexibility index (Phi) is 5.13. The largest absolute Gasteiger partial charge is 0.382 e. The molecule has 4 aromatic rings. The highest BCUT2D eigenvalue weighted by Crippen LogP contribution is 2.31. The molecule has 1 amide bonds. The quantitative estimate of drug-likeness (QED) is 0.436. The van der Waals surface area contributed by atoms with Crippen molar-refractivity contribution in [2.24, 2.45) is 0 Å². The Balaban J connectivity index is 1.55. The second kappa shape index (κ2) is 8.00. The van der Waals surface area contributed by atoms with Crippen LogP contribution in [0.4, 0.5) is 5.82 Å². The summed E-state index contributed by atoms with van der Waals surface area (Å²) < 4.78 is 1.99. The van der Waals surface area contributed by atoms with E-state index in [-0.39, 0.29) is 23.0 Å². The van der Waals surface area contributed by atoms with Crippen LogP contribution in [0.1, 0.15) is 35.9 Å².